The van der Waals surface area contributed by atoms with E-state index in [-0.39, 0.29) is 5.91 Å². The van der Waals surface area contributed by atoms with Crippen LogP contribution in [0.1, 0.15) is 33.0 Å². The minimum atomic E-state index is -0.516. The molecule has 8 heteroatoms. The van der Waals surface area contributed by atoms with E-state index in [1.807, 2.05) is 0 Å². The molecule has 3 aromatic rings. The molecule has 1 aliphatic rings. The lowest BCUT2D eigenvalue weighted by Crippen LogP contribution is -2.16. The second-order valence-electron chi connectivity index (χ2n) is 6.55. The zero-order valence-electron chi connectivity index (χ0n) is 15.1. The number of amides is 2. The van der Waals surface area contributed by atoms with Gasteiger partial charge >= 0.3 is 0 Å². The third kappa shape index (κ3) is 3.96. The van der Waals surface area contributed by atoms with Crippen LogP contribution in [0.15, 0.2) is 40.8 Å². The Kier molecular flexibility index (Phi) is 5.50. The Morgan fingerprint density at radius 1 is 1.17 bits per heavy atom. The van der Waals surface area contributed by atoms with E-state index >= 15 is 0 Å². The van der Waals surface area contributed by atoms with E-state index in [1.165, 1.54) is 17.4 Å². The molecule has 5 nitrogen and oxygen atoms in total. The molecule has 0 saturated carbocycles. The van der Waals surface area contributed by atoms with Crippen molar-refractivity contribution in [3.8, 4) is 11.3 Å². The number of furan rings is 1. The van der Waals surface area contributed by atoms with Crippen molar-refractivity contribution >= 4 is 57.4 Å². The monoisotopic (exact) mass is 446 g/mol. The Labute approximate surface area is 181 Å². The van der Waals surface area contributed by atoms with Crippen LogP contribution in [0.3, 0.4) is 0 Å². The van der Waals surface area contributed by atoms with Crippen LogP contribution < -0.4 is 11.1 Å². The second kappa shape index (κ2) is 8.06. The number of benzene rings is 1. The number of thiophene rings is 1. The topological polar surface area (TPSA) is 85.3 Å². The number of fused-ring (bicyclic) bond motifs is 1. The summed E-state index contributed by atoms with van der Waals surface area (Å²) in [6, 6.07) is 8.76. The van der Waals surface area contributed by atoms with E-state index in [0.29, 0.717) is 37.7 Å². The molecule has 4 rings (SSSR count). The van der Waals surface area contributed by atoms with Crippen LogP contribution >= 0.6 is 34.5 Å². The lowest BCUT2D eigenvalue weighted by atomic mass is 10.1. The van der Waals surface area contributed by atoms with Crippen LogP contribution in [0.2, 0.25) is 10.0 Å². The van der Waals surface area contributed by atoms with Gasteiger partial charge in [0.25, 0.3) is 5.91 Å². The lowest BCUT2D eigenvalue weighted by Gasteiger charge is -2.03. The summed E-state index contributed by atoms with van der Waals surface area (Å²) >= 11 is 13.7. The maximum atomic E-state index is 12.3. The lowest BCUT2D eigenvalue weighted by molar-refractivity contribution is -0.111. The fraction of sp³-hybridized carbons (Fsp3) is 0.143. The molecular weight excluding hydrogens is 431 g/mol. The van der Waals surface area contributed by atoms with Crippen molar-refractivity contribution in [1.82, 2.24) is 0 Å². The third-order valence-electron chi connectivity index (χ3n) is 4.65. The summed E-state index contributed by atoms with van der Waals surface area (Å²) in [5.41, 5.74) is 7.58. The van der Waals surface area contributed by atoms with E-state index in [0.717, 1.165) is 29.7 Å². The van der Waals surface area contributed by atoms with Crippen LogP contribution in [-0.4, -0.2) is 11.8 Å². The zero-order valence-corrected chi connectivity index (χ0v) is 17.5. The second-order valence-corrected chi connectivity index (χ2v) is 8.44. The van der Waals surface area contributed by atoms with Gasteiger partial charge in [-0.25, -0.2) is 0 Å². The first-order valence-electron chi connectivity index (χ1n) is 8.91. The van der Waals surface area contributed by atoms with Crippen molar-refractivity contribution in [3.05, 3.63) is 68.2 Å². The first kappa shape index (κ1) is 19.8. The normalized spacial score (nSPS) is 13.0. The van der Waals surface area contributed by atoms with Gasteiger partial charge in [0.2, 0.25) is 5.91 Å². The first-order valence-corrected chi connectivity index (χ1v) is 10.5. The number of nitrogens with one attached hydrogen (secondary N) is 1. The summed E-state index contributed by atoms with van der Waals surface area (Å²) in [5.74, 6) is 0.141. The van der Waals surface area contributed by atoms with E-state index in [4.69, 9.17) is 33.4 Å². The van der Waals surface area contributed by atoms with Crippen LogP contribution in [-0.2, 0) is 17.6 Å². The number of halogens is 2. The largest absolute Gasteiger partial charge is 0.457 e. The fourth-order valence-electron chi connectivity index (χ4n) is 3.35. The Hall–Kier alpha value is -2.54. The molecule has 2 amide bonds. The third-order valence-corrected chi connectivity index (χ3v) is 6.67. The quantitative estimate of drug-likeness (QED) is 0.503. The van der Waals surface area contributed by atoms with Gasteiger partial charge in [-0.1, -0.05) is 29.3 Å². The molecule has 1 aromatic carbocycles. The Morgan fingerprint density at radius 2 is 2.00 bits per heavy atom. The molecule has 0 atom stereocenters. The number of carbonyl (C=O) groups is 2. The molecule has 1 aliphatic carbocycles. The van der Waals surface area contributed by atoms with Gasteiger partial charge in [-0.3, -0.25) is 9.59 Å². The zero-order chi connectivity index (χ0) is 20.5. The molecular formula is C21H16Cl2N2O3S. The maximum Gasteiger partial charge on any atom is 0.251 e. The average molecular weight is 447 g/mol. The van der Waals surface area contributed by atoms with Gasteiger partial charge in [0, 0.05) is 16.5 Å². The molecule has 0 fully saturated rings. The smallest absolute Gasteiger partial charge is 0.251 e. The minimum Gasteiger partial charge on any atom is -0.457 e. The van der Waals surface area contributed by atoms with Gasteiger partial charge in [-0.15, -0.1) is 11.3 Å². The molecule has 2 heterocycles. The molecule has 0 aliphatic heterocycles. The fourth-order valence-corrected chi connectivity index (χ4v) is 5.04. The van der Waals surface area contributed by atoms with Gasteiger partial charge < -0.3 is 15.5 Å². The number of carbonyl (C=O) groups excluding carboxylic acids is 2. The number of anilines is 1. The van der Waals surface area contributed by atoms with Gasteiger partial charge in [-0.05, 0) is 55.2 Å². The van der Waals surface area contributed by atoms with Gasteiger partial charge in [0.15, 0.2) is 0 Å². The van der Waals surface area contributed by atoms with Crippen LogP contribution in [0.25, 0.3) is 17.4 Å². The predicted molar refractivity (Wildman–Crippen MR) is 117 cm³/mol. The maximum absolute atomic E-state index is 12.3. The summed E-state index contributed by atoms with van der Waals surface area (Å²) in [6.45, 7) is 0. The van der Waals surface area contributed by atoms with Crippen molar-refractivity contribution in [3.63, 3.8) is 0 Å². The summed E-state index contributed by atoms with van der Waals surface area (Å²) in [6.07, 6.45) is 5.62. The molecule has 29 heavy (non-hydrogen) atoms. The van der Waals surface area contributed by atoms with Crippen molar-refractivity contribution in [1.29, 1.82) is 0 Å². The molecule has 0 bridgehead atoms. The summed E-state index contributed by atoms with van der Waals surface area (Å²) in [5, 5.41) is 4.10. The number of hydrogen-bond acceptors (Lipinski definition) is 4. The van der Waals surface area contributed by atoms with Crippen molar-refractivity contribution < 1.29 is 14.0 Å². The number of nitrogens with two attached hydrogens (primary N) is 1. The molecule has 2 aromatic heterocycles. The van der Waals surface area contributed by atoms with Gasteiger partial charge in [0.1, 0.15) is 16.5 Å². The molecule has 148 valence electrons. The predicted octanol–water partition coefficient (Wildman–Crippen LogP) is 5.55. The number of aryl methyl sites for hydroxylation is 1. The van der Waals surface area contributed by atoms with Crippen molar-refractivity contribution in [2.75, 3.05) is 5.32 Å². The summed E-state index contributed by atoms with van der Waals surface area (Å²) < 4.78 is 5.74. The first-order chi connectivity index (χ1) is 13.9. The summed E-state index contributed by atoms with van der Waals surface area (Å²) in [4.78, 5) is 25.3. The summed E-state index contributed by atoms with van der Waals surface area (Å²) in [7, 11) is 0. The highest BCUT2D eigenvalue weighted by Gasteiger charge is 2.25. The van der Waals surface area contributed by atoms with Crippen molar-refractivity contribution in [2.45, 2.75) is 19.3 Å². The Bertz CT molecular complexity index is 1150. The van der Waals surface area contributed by atoms with Crippen molar-refractivity contribution in [2.24, 2.45) is 5.73 Å². The average Bonchev–Trinajstić information content (AvgIpc) is 3.37. The molecule has 3 N–H and O–H groups in total. The van der Waals surface area contributed by atoms with Gasteiger partial charge in [-0.2, -0.15) is 0 Å². The minimum absolute atomic E-state index is 0.369. The number of primary amides is 1. The Balaban J connectivity index is 1.50. The van der Waals surface area contributed by atoms with Crippen LogP contribution in [0, 0.1) is 0 Å². The number of hydrogen-bond donors (Lipinski definition) is 2. The van der Waals surface area contributed by atoms with E-state index < -0.39 is 5.91 Å². The molecule has 0 saturated heterocycles. The van der Waals surface area contributed by atoms with E-state index in [9.17, 15) is 9.59 Å². The highest BCUT2D eigenvalue weighted by Crippen LogP contribution is 2.39. The Morgan fingerprint density at radius 3 is 2.79 bits per heavy atom. The highest BCUT2D eigenvalue weighted by molar-refractivity contribution is 7.17. The van der Waals surface area contributed by atoms with Gasteiger partial charge in [0.05, 0.1) is 15.6 Å². The standard InChI is InChI=1S/C21H16Cl2N2O3S/c22-14-5-1-3-12(19(14)23)15-9-7-11(28-15)8-10-17(26)25-21-18(20(24)27)13-4-2-6-16(13)29-21/h1,3,5,7-10H,2,4,6H2,(H2,24,27)(H,25,26)/b10-8+. The molecule has 0 unspecified atom stereocenters. The molecule has 0 spiro atoms. The number of rotatable bonds is 5. The van der Waals surface area contributed by atoms with Crippen LogP contribution in [0.4, 0.5) is 5.00 Å². The van der Waals surface area contributed by atoms with E-state index in [2.05, 4.69) is 5.32 Å². The SMILES string of the molecule is NC(=O)c1c(NC(=O)/C=C/c2ccc(-c3cccc(Cl)c3Cl)o2)sc2c1CCC2. The van der Waals surface area contributed by atoms with E-state index in [1.54, 1.807) is 36.4 Å². The van der Waals surface area contributed by atoms with Crippen LogP contribution in [0.5, 0.6) is 0 Å². The highest BCUT2D eigenvalue weighted by atomic mass is 35.5. The molecule has 0 radical (unpaired) electrons.